The number of halogens is 1. The Kier molecular flexibility index (Phi) is 8.01. The summed E-state index contributed by atoms with van der Waals surface area (Å²) < 4.78 is 39.5. The summed E-state index contributed by atoms with van der Waals surface area (Å²) >= 11 is 6.18. The molecule has 0 aliphatic heterocycles. The molecule has 0 aliphatic carbocycles. The largest absolute Gasteiger partial charge is 0.497 e. The predicted octanol–water partition coefficient (Wildman–Crippen LogP) is 6.28. The number of methoxy groups -OCH3 is 1. The van der Waals surface area contributed by atoms with Crippen LogP contribution < -0.4 is 19.1 Å². The third-order valence-electron chi connectivity index (χ3n) is 5.42. The van der Waals surface area contributed by atoms with E-state index in [9.17, 15) is 13.2 Å². The first-order valence-corrected chi connectivity index (χ1v) is 13.1. The van der Waals surface area contributed by atoms with Crippen LogP contribution in [0.4, 0.5) is 11.4 Å². The zero-order valence-corrected chi connectivity index (χ0v) is 21.8. The van der Waals surface area contributed by atoms with Crippen molar-refractivity contribution in [2.45, 2.75) is 11.8 Å². The molecule has 7 nitrogen and oxygen atoms in total. The van der Waals surface area contributed by atoms with E-state index in [1.165, 1.54) is 19.2 Å². The Bertz CT molecular complexity index is 1490. The van der Waals surface area contributed by atoms with Crippen molar-refractivity contribution < 1.29 is 22.7 Å². The Labute approximate surface area is 221 Å². The maximum absolute atomic E-state index is 13.7. The van der Waals surface area contributed by atoms with Gasteiger partial charge in [-0.05, 0) is 61.5 Å². The number of carbonyl (C=O) groups is 1. The number of nitrogens with one attached hydrogen (secondary N) is 1. The van der Waals surface area contributed by atoms with Crippen molar-refractivity contribution in [3.05, 3.63) is 108 Å². The van der Waals surface area contributed by atoms with E-state index in [1.807, 2.05) is 25.1 Å². The van der Waals surface area contributed by atoms with Crippen LogP contribution in [0.1, 0.15) is 5.56 Å². The SMILES string of the molecule is COc1cccc(N(CC(=O)Nc2cc(Cl)ccc2Oc2ccccc2)S(=O)(=O)c2ccc(C)cc2)c1. The number of sulfonamides is 1. The molecule has 1 amide bonds. The zero-order valence-electron chi connectivity index (χ0n) is 20.2. The highest BCUT2D eigenvalue weighted by atomic mass is 35.5. The Hall–Kier alpha value is -4.01. The number of para-hydroxylation sites is 1. The van der Waals surface area contributed by atoms with Gasteiger partial charge in [0.1, 0.15) is 18.0 Å². The molecule has 37 heavy (non-hydrogen) atoms. The van der Waals surface area contributed by atoms with Gasteiger partial charge in [0, 0.05) is 11.1 Å². The minimum atomic E-state index is -4.09. The molecule has 9 heteroatoms. The number of anilines is 2. The number of amides is 1. The number of nitrogens with zero attached hydrogens (tertiary/aromatic N) is 1. The van der Waals surface area contributed by atoms with Crippen LogP contribution in [0.25, 0.3) is 0 Å². The van der Waals surface area contributed by atoms with E-state index < -0.39 is 22.5 Å². The van der Waals surface area contributed by atoms with Gasteiger partial charge >= 0.3 is 0 Å². The molecule has 0 heterocycles. The predicted molar refractivity (Wildman–Crippen MR) is 145 cm³/mol. The average molecular weight is 537 g/mol. The molecule has 0 bridgehead atoms. The summed E-state index contributed by atoms with van der Waals surface area (Å²) in [4.78, 5) is 13.3. The molecule has 0 aliphatic rings. The van der Waals surface area contributed by atoms with E-state index in [1.54, 1.807) is 66.7 Å². The number of carbonyl (C=O) groups excluding carboxylic acids is 1. The number of hydrogen-bond donors (Lipinski definition) is 1. The summed E-state index contributed by atoms with van der Waals surface area (Å²) in [6.07, 6.45) is 0. The summed E-state index contributed by atoms with van der Waals surface area (Å²) in [6, 6.07) is 26.8. The van der Waals surface area contributed by atoms with E-state index in [-0.39, 0.29) is 10.6 Å². The Morgan fingerprint density at radius 1 is 0.892 bits per heavy atom. The van der Waals surface area contributed by atoms with Gasteiger partial charge in [0.05, 0.1) is 23.4 Å². The number of benzene rings is 4. The fourth-order valence-corrected chi connectivity index (χ4v) is 5.13. The van der Waals surface area contributed by atoms with Crippen LogP contribution in [-0.2, 0) is 14.8 Å². The van der Waals surface area contributed by atoms with Gasteiger partial charge in [-0.3, -0.25) is 9.10 Å². The van der Waals surface area contributed by atoms with Crippen LogP contribution >= 0.6 is 11.6 Å². The Balaban J connectivity index is 1.66. The normalized spacial score (nSPS) is 11.0. The van der Waals surface area contributed by atoms with Gasteiger partial charge in [-0.25, -0.2) is 8.42 Å². The smallest absolute Gasteiger partial charge is 0.264 e. The first-order valence-electron chi connectivity index (χ1n) is 11.3. The lowest BCUT2D eigenvalue weighted by atomic mass is 10.2. The second-order valence-corrected chi connectivity index (χ2v) is 10.4. The molecule has 0 atom stereocenters. The third kappa shape index (κ3) is 6.41. The van der Waals surface area contributed by atoms with Crippen molar-refractivity contribution in [3.8, 4) is 17.2 Å². The maximum atomic E-state index is 13.7. The molecular weight excluding hydrogens is 512 g/mol. The van der Waals surface area contributed by atoms with Crippen molar-refractivity contribution in [2.24, 2.45) is 0 Å². The second-order valence-electron chi connectivity index (χ2n) is 8.13. The lowest BCUT2D eigenvalue weighted by Crippen LogP contribution is -2.38. The van der Waals surface area contributed by atoms with Crippen LogP contribution in [0, 0.1) is 6.92 Å². The molecular formula is C28H25ClN2O5S. The van der Waals surface area contributed by atoms with Gasteiger partial charge in [0.2, 0.25) is 5.91 Å². The molecule has 0 spiro atoms. The lowest BCUT2D eigenvalue weighted by molar-refractivity contribution is -0.114. The summed E-state index contributed by atoms with van der Waals surface area (Å²) in [7, 11) is -2.61. The van der Waals surface area contributed by atoms with Gasteiger partial charge in [-0.1, -0.05) is 53.6 Å². The highest BCUT2D eigenvalue weighted by Gasteiger charge is 2.28. The molecule has 1 N–H and O–H groups in total. The molecule has 0 saturated carbocycles. The lowest BCUT2D eigenvalue weighted by Gasteiger charge is -2.25. The third-order valence-corrected chi connectivity index (χ3v) is 7.45. The molecule has 4 aromatic rings. The highest BCUT2D eigenvalue weighted by molar-refractivity contribution is 7.92. The van der Waals surface area contributed by atoms with Crippen molar-refractivity contribution >= 4 is 38.9 Å². The summed E-state index contributed by atoms with van der Waals surface area (Å²) in [5.74, 6) is 0.799. The molecule has 0 aromatic heterocycles. The van der Waals surface area contributed by atoms with Crippen molar-refractivity contribution in [1.29, 1.82) is 0 Å². The fourth-order valence-electron chi connectivity index (χ4n) is 3.54. The van der Waals surface area contributed by atoms with Gasteiger partial charge in [-0.15, -0.1) is 0 Å². The highest BCUT2D eigenvalue weighted by Crippen LogP contribution is 2.33. The molecule has 0 unspecified atom stereocenters. The molecule has 0 fully saturated rings. The van der Waals surface area contributed by atoms with Crippen molar-refractivity contribution in [1.82, 2.24) is 0 Å². The summed E-state index contributed by atoms with van der Waals surface area (Å²) in [5.41, 5.74) is 1.50. The number of hydrogen-bond acceptors (Lipinski definition) is 5. The minimum Gasteiger partial charge on any atom is -0.497 e. The zero-order chi connectivity index (χ0) is 26.4. The van der Waals surface area contributed by atoms with Gasteiger partial charge < -0.3 is 14.8 Å². The van der Waals surface area contributed by atoms with Gasteiger partial charge in [0.15, 0.2) is 5.75 Å². The molecule has 190 valence electrons. The fraction of sp³-hybridized carbons (Fsp3) is 0.107. The molecule has 0 radical (unpaired) electrons. The van der Waals surface area contributed by atoms with E-state index in [0.29, 0.717) is 28.0 Å². The summed E-state index contributed by atoms with van der Waals surface area (Å²) in [5, 5.41) is 3.13. The average Bonchev–Trinajstić information content (AvgIpc) is 2.89. The minimum absolute atomic E-state index is 0.0598. The first-order chi connectivity index (χ1) is 17.8. The standard InChI is InChI=1S/C28H25ClN2O5S/c1-20-11-14-25(15-12-20)37(33,34)31(22-7-6-10-24(18-22)35-2)19-28(32)30-26-17-21(29)13-16-27(26)36-23-8-4-3-5-9-23/h3-18H,19H2,1-2H3,(H,30,32). The number of aryl methyl sites for hydroxylation is 1. The van der Waals surface area contributed by atoms with Crippen LogP contribution in [0.15, 0.2) is 102 Å². The van der Waals surface area contributed by atoms with E-state index >= 15 is 0 Å². The quantitative estimate of drug-likeness (QED) is 0.272. The van der Waals surface area contributed by atoms with Crippen LogP contribution in [0.5, 0.6) is 17.2 Å². The van der Waals surface area contributed by atoms with Gasteiger partial charge in [-0.2, -0.15) is 0 Å². The first kappa shape index (κ1) is 26.1. The van der Waals surface area contributed by atoms with E-state index in [4.69, 9.17) is 21.1 Å². The van der Waals surface area contributed by atoms with Crippen molar-refractivity contribution in [3.63, 3.8) is 0 Å². The number of ether oxygens (including phenoxy) is 2. The van der Waals surface area contributed by atoms with Crippen LogP contribution in [-0.4, -0.2) is 28.0 Å². The molecule has 0 saturated heterocycles. The van der Waals surface area contributed by atoms with Crippen LogP contribution in [0.2, 0.25) is 5.02 Å². The monoisotopic (exact) mass is 536 g/mol. The molecule has 4 aromatic carbocycles. The number of rotatable bonds is 9. The maximum Gasteiger partial charge on any atom is 0.264 e. The van der Waals surface area contributed by atoms with Crippen LogP contribution in [0.3, 0.4) is 0 Å². The topological polar surface area (TPSA) is 84.9 Å². The second kappa shape index (κ2) is 11.4. The molecule has 4 rings (SSSR count). The Morgan fingerprint density at radius 3 is 2.30 bits per heavy atom. The van der Waals surface area contributed by atoms with E-state index in [0.717, 1.165) is 9.87 Å². The van der Waals surface area contributed by atoms with Crippen molar-refractivity contribution in [2.75, 3.05) is 23.3 Å². The summed E-state index contributed by atoms with van der Waals surface area (Å²) in [6.45, 7) is 1.37. The Morgan fingerprint density at radius 2 is 1.59 bits per heavy atom. The van der Waals surface area contributed by atoms with Gasteiger partial charge in [0.25, 0.3) is 10.0 Å². The van der Waals surface area contributed by atoms with E-state index in [2.05, 4.69) is 5.32 Å².